The van der Waals surface area contributed by atoms with E-state index in [2.05, 4.69) is 36.3 Å². The maximum atomic E-state index is 5.96. The van der Waals surface area contributed by atoms with E-state index in [9.17, 15) is 0 Å². The molecule has 0 bridgehead atoms. The molecular weight excluding hydrogens is 389 g/mol. The van der Waals surface area contributed by atoms with E-state index in [0.29, 0.717) is 12.5 Å². The van der Waals surface area contributed by atoms with E-state index in [1.807, 2.05) is 12.1 Å². The third-order valence-corrected chi connectivity index (χ3v) is 4.29. The molecule has 3 N–H and O–H groups in total. The molecule has 1 aliphatic rings. The van der Waals surface area contributed by atoms with Crippen LogP contribution in [-0.2, 0) is 5.41 Å². The second-order valence-corrected chi connectivity index (χ2v) is 6.50. The van der Waals surface area contributed by atoms with Gasteiger partial charge < -0.3 is 15.8 Å². The summed E-state index contributed by atoms with van der Waals surface area (Å²) < 4.78 is 5.29. The fraction of sp³-hybridized carbons (Fsp3) is 0.588. The fourth-order valence-electron chi connectivity index (χ4n) is 2.42. The molecule has 0 heterocycles. The Kier molecular flexibility index (Phi) is 7.45. The highest BCUT2D eigenvalue weighted by atomic mass is 127. The molecule has 0 atom stereocenters. The molecule has 1 aromatic carbocycles. The van der Waals surface area contributed by atoms with Crippen LogP contribution in [0.4, 0.5) is 0 Å². The Bertz CT molecular complexity index is 498. The lowest BCUT2D eigenvalue weighted by Gasteiger charge is -2.26. The van der Waals surface area contributed by atoms with E-state index in [1.165, 1.54) is 24.8 Å². The zero-order valence-electron chi connectivity index (χ0n) is 13.8. The third kappa shape index (κ3) is 5.34. The average Bonchev–Trinajstić information content (AvgIpc) is 2.43. The monoisotopic (exact) mass is 417 g/mol. The Morgan fingerprint density at radius 3 is 2.73 bits per heavy atom. The first-order valence-electron chi connectivity index (χ1n) is 7.69. The maximum Gasteiger partial charge on any atom is 0.188 e. The van der Waals surface area contributed by atoms with Crippen LogP contribution in [0, 0.1) is 5.92 Å². The average molecular weight is 417 g/mol. The van der Waals surface area contributed by atoms with Crippen LogP contribution >= 0.6 is 24.0 Å². The number of rotatable bonds is 6. The number of nitrogens with two attached hydrogens (primary N) is 1. The van der Waals surface area contributed by atoms with E-state index in [4.69, 9.17) is 10.5 Å². The van der Waals surface area contributed by atoms with Gasteiger partial charge in [-0.15, -0.1) is 24.0 Å². The molecule has 0 amide bonds. The molecule has 0 aromatic heterocycles. The lowest BCUT2D eigenvalue weighted by atomic mass is 9.84. The van der Waals surface area contributed by atoms with Gasteiger partial charge in [0.25, 0.3) is 0 Å². The topological polar surface area (TPSA) is 59.6 Å². The van der Waals surface area contributed by atoms with E-state index in [0.717, 1.165) is 18.2 Å². The van der Waals surface area contributed by atoms with E-state index < -0.39 is 0 Å². The van der Waals surface area contributed by atoms with Gasteiger partial charge in [-0.05, 0) is 36.5 Å². The van der Waals surface area contributed by atoms with E-state index in [1.54, 1.807) is 7.11 Å². The predicted octanol–water partition coefficient (Wildman–Crippen LogP) is 3.30. The third-order valence-electron chi connectivity index (χ3n) is 4.29. The van der Waals surface area contributed by atoms with Gasteiger partial charge in [-0.2, -0.15) is 0 Å². The van der Waals surface area contributed by atoms with Crippen molar-refractivity contribution >= 4 is 29.9 Å². The van der Waals surface area contributed by atoms with Gasteiger partial charge in [-0.1, -0.05) is 32.4 Å². The molecule has 22 heavy (non-hydrogen) atoms. The Hall–Kier alpha value is -0.980. The van der Waals surface area contributed by atoms with Crippen LogP contribution in [0.3, 0.4) is 0 Å². The van der Waals surface area contributed by atoms with Gasteiger partial charge in [0.05, 0.1) is 13.7 Å². The summed E-state index contributed by atoms with van der Waals surface area (Å²) in [5, 5.41) is 3.23. The van der Waals surface area contributed by atoms with Crippen molar-refractivity contribution in [1.82, 2.24) is 5.32 Å². The molecule has 0 radical (unpaired) electrons. The molecule has 5 heteroatoms. The smallest absolute Gasteiger partial charge is 0.188 e. The van der Waals surface area contributed by atoms with Crippen LogP contribution in [0.25, 0.3) is 0 Å². The van der Waals surface area contributed by atoms with Crippen molar-refractivity contribution in [3.8, 4) is 5.75 Å². The summed E-state index contributed by atoms with van der Waals surface area (Å²) in [6.45, 7) is 5.95. The minimum atomic E-state index is -0.0721. The van der Waals surface area contributed by atoms with Crippen LogP contribution in [0.15, 0.2) is 29.3 Å². The molecule has 0 spiro atoms. The van der Waals surface area contributed by atoms with E-state index in [-0.39, 0.29) is 29.4 Å². The first-order valence-corrected chi connectivity index (χ1v) is 7.69. The van der Waals surface area contributed by atoms with Gasteiger partial charge in [0.2, 0.25) is 0 Å². The first kappa shape index (κ1) is 19.1. The largest absolute Gasteiger partial charge is 0.497 e. The van der Waals surface area contributed by atoms with Gasteiger partial charge in [-0.25, -0.2) is 0 Å². The van der Waals surface area contributed by atoms with Crippen LogP contribution in [0.1, 0.15) is 38.7 Å². The highest BCUT2D eigenvalue weighted by molar-refractivity contribution is 14.0. The van der Waals surface area contributed by atoms with Crippen molar-refractivity contribution in [1.29, 1.82) is 0 Å². The van der Waals surface area contributed by atoms with Crippen LogP contribution in [0.5, 0.6) is 5.75 Å². The van der Waals surface area contributed by atoms with Crippen molar-refractivity contribution in [3.05, 3.63) is 29.8 Å². The quantitative estimate of drug-likeness (QED) is 0.424. The molecule has 1 aromatic rings. The summed E-state index contributed by atoms with van der Waals surface area (Å²) in [6, 6.07) is 8.14. The second kappa shape index (κ2) is 8.60. The lowest BCUT2D eigenvalue weighted by Crippen LogP contribution is -2.38. The van der Waals surface area contributed by atoms with E-state index >= 15 is 0 Å². The molecule has 1 fully saturated rings. The number of hydrogen-bond donors (Lipinski definition) is 2. The summed E-state index contributed by atoms with van der Waals surface area (Å²) in [5.74, 6) is 2.21. The Labute approximate surface area is 150 Å². The highest BCUT2D eigenvalue weighted by Gasteiger charge is 2.21. The molecule has 0 aliphatic heterocycles. The number of aliphatic imine (C=N–C) groups is 1. The van der Waals surface area contributed by atoms with Crippen molar-refractivity contribution in [2.75, 3.05) is 20.2 Å². The van der Waals surface area contributed by atoms with Crippen molar-refractivity contribution in [2.45, 2.75) is 38.5 Å². The predicted molar refractivity (Wildman–Crippen MR) is 103 cm³/mol. The molecular formula is C17H28IN3O. The van der Waals surface area contributed by atoms with Gasteiger partial charge in [0, 0.05) is 12.0 Å². The lowest BCUT2D eigenvalue weighted by molar-refractivity contribution is 0.315. The van der Waals surface area contributed by atoms with Crippen LogP contribution < -0.4 is 15.8 Å². The minimum absolute atomic E-state index is 0. The molecule has 2 rings (SSSR count). The van der Waals surface area contributed by atoms with Gasteiger partial charge >= 0.3 is 0 Å². The number of halogens is 1. The fourth-order valence-corrected chi connectivity index (χ4v) is 2.42. The Balaban J connectivity index is 0.00000242. The van der Waals surface area contributed by atoms with Crippen LogP contribution in [-0.4, -0.2) is 26.2 Å². The standard InChI is InChI=1S/C17H27N3O.HI/c1-17(2,14-8-5-9-15(10-14)21-3)12-20-16(18)19-11-13-6-4-7-13;/h5,8-10,13H,4,6-7,11-12H2,1-3H3,(H3,18,19,20);1H. The SMILES string of the molecule is COc1cccc(C(C)(C)CN=C(N)NCC2CCC2)c1.I. The van der Waals surface area contributed by atoms with Crippen molar-refractivity contribution in [3.63, 3.8) is 0 Å². The first-order chi connectivity index (χ1) is 10.0. The number of methoxy groups -OCH3 is 1. The molecule has 4 nitrogen and oxygen atoms in total. The molecule has 0 unspecified atom stereocenters. The van der Waals surface area contributed by atoms with Crippen molar-refractivity contribution < 1.29 is 4.74 Å². The summed E-state index contributed by atoms with van der Waals surface area (Å²) >= 11 is 0. The van der Waals surface area contributed by atoms with Gasteiger partial charge in [-0.3, -0.25) is 4.99 Å². The number of benzene rings is 1. The second-order valence-electron chi connectivity index (χ2n) is 6.50. The summed E-state index contributed by atoms with van der Waals surface area (Å²) in [4.78, 5) is 4.50. The number of nitrogens with one attached hydrogen (secondary N) is 1. The number of guanidine groups is 1. The molecule has 0 saturated heterocycles. The Morgan fingerprint density at radius 2 is 2.14 bits per heavy atom. The zero-order chi connectivity index (χ0) is 15.3. The normalized spacial score (nSPS) is 15.7. The van der Waals surface area contributed by atoms with Gasteiger partial charge in [0.15, 0.2) is 5.96 Å². The number of nitrogens with zero attached hydrogens (tertiary/aromatic N) is 1. The molecule has 1 aliphatic carbocycles. The molecule has 1 saturated carbocycles. The Morgan fingerprint density at radius 1 is 1.41 bits per heavy atom. The minimum Gasteiger partial charge on any atom is -0.497 e. The number of hydrogen-bond acceptors (Lipinski definition) is 2. The number of ether oxygens (including phenoxy) is 1. The zero-order valence-corrected chi connectivity index (χ0v) is 16.1. The highest BCUT2D eigenvalue weighted by Crippen LogP contribution is 2.27. The summed E-state index contributed by atoms with van der Waals surface area (Å²) in [7, 11) is 1.69. The summed E-state index contributed by atoms with van der Waals surface area (Å²) in [6.07, 6.45) is 3.98. The summed E-state index contributed by atoms with van der Waals surface area (Å²) in [5.41, 5.74) is 7.09. The maximum absolute atomic E-state index is 5.96. The van der Waals surface area contributed by atoms with Crippen molar-refractivity contribution in [2.24, 2.45) is 16.6 Å². The van der Waals surface area contributed by atoms with Gasteiger partial charge in [0.1, 0.15) is 5.75 Å². The molecule has 124 valence electrons. The van der Waals surface area contributed by atoms with Crippen LogP contribution in [0.2, 0.25) is 0 Å².